The molecule has 4 aromatic rings. The lowest BCUT2D eigenvalue weighted by atomic mass is 10.2. The monoisotopic (exact) mass is 602 g/mol. The van der Waals surface area contributed by atoms with Crippen molar-refractivity contribution in [1.29, 1.82) is 0 Å². The zero-order valence-corrected chi connectivity index (χ0v) is 23.9. The summed E-state index contributed by atoms with van der Waals surface area (Å²) in [6, 6.07) is 22.8. The molecule has 210 valence electrons. The molecule has 11 heteroatoms. The number of benzene rings is 3. The van der Waals surface area contributed by atoms with Crippen LogP contribution in [0.25, 0.3) is 0 Å². The molecule has 3 N–H and O–H groups in total. The standard InChI is InChI=1S/C21H22N2O3S.C8H6Cl2O3/c1-24-19-5-3-2-4-15(19)13-26-16-6-8-17(9-7-16)27-20-10-11-25-21(20)18-12-22-14-23-18;9-5-1-2-7(6(10)3-5)13-4-8(11)12/h2-11,18,22-23H,12-14H2,1H3;1-3H,4H2,(H,11,12). The average molecular weight is 604 g/mol. The van der Waals surface area contributed by atoms with E-state index in [4.69, 9.17) is 46.9 Å². The summed E-state index contributed by atoms with van der Waals surface area (Å²) in [4.78, 5) is 12.4. The number of ether oxygens (including phenoxy) is 3. The van der Waals surface area contributed by atoms with E-state index in [9.17, 15) is 4.79 Å². The van der Waals surface area contributed by atoms with Gasteiger partial charge in [0.1, 0.15) is 29.6 Å². The minimum Gasteiger partial charge on any atom is -0.496 e. The number of methoxy groups -OCH3 is 1. The largest absolute Gasteiger partial charge is 0.496 e. The van der Waals surface area contributed by atoms with Gasteiger partial charge in [0.15, 0.2) is 6.61 Å². The quantitative estimate of drug-likeness (QED) is 0.184. The van der Waals surface area contributed by atoms with Crippen LogP contribution in [0, 0.1) is 0 Å². The van der Waals surface area contributed by atoms with E-state index >= 15 is 0 Å². The molecule has 0 aliphatic carbocycles. The number of aliphatic carboxylic acids is 1. The zero-order valence-electron chi connectivity index (χ0n) is 21.6. The SMILES string of the molecule is COc1ccccc1COc1ccc(Sc2ccoc2C2CNCN2)cc1.O=C(O)COc1ccc(Cl)cc1Cl. The maximum absolute atomic E-state index is 10.2. The summed E-state index contributed by atoms with van der Waals surface area (Å²) in [5.74, 6) is 1.92. The second-order valence-corrected chi connectivity index (χ2v) is 10.4. The normalized spacial score (nSPS) is 14.2. The molecule has 1 aromatic heterocycles. The molecular formula is C29H28Cl2N2O6S. The van der Waals surface area contributed by atoms with Crippen molar-refractivity contribution in [2.24, 2.45) is 0 Å². The van der Waals surface area contributed by atoms with E-state index in [0.29, 0.717) is 22.4 Å². The Hall–Kier alpha value is -3.34. The Kier molecular flexibility index (Phi) is 11.0. The molecule has 0 saturated carbocycles. The summed E-state index contributed by atoms with van der Waals surface area (Å²) in [6.07, 6.45) is 1.75. The number of nitrogens with one attached hydrogen (secondary N) is 2. The van der Waals surface area contributed by atoms with Crippen LogP contribution in [-0.2, 0) is 11.4 Å². The van der Waals surface area contributed by atoms with Gasteiger partial charge in [-0.2, -0.15) is 0 Å². The molecule has 0 spiro atoms. The summed E-state index contributed by atoms with van der Waals surface area (Å²) >= 11 is 13.0. The van der Waals surface area contributed by atoms with Crippen LogP contribution in [0.2, 0.25) is 10.0 Å². The Morgan fingerprint density at radius 1 is 1.05 bits per heavy atom. The third-order valence-corrected chi connectivity index (χ3v) is 7.27. The molecule has 1 saturated heterocycles. The van der Waals surface area contributed by atoms with Gasteiger partial charge >= 0.3 is 5.97 Å². The fourth-order valence-electron chi connectivity index (χ4n) is 3.76. The fourth-order valence-corrected chi connectivity index (χ4v) is 5.17. The third-order valence-electron chi connectivity index (χ3n) is 5.68. The van der Waals surface area contributed by atoms with E-state index in [1.165, 1.54) is 12.1 Å². The van der Waals surface area contributed by atoms with Gasteiger partial charge in [-0.15, -0.1) is 0 Å². The zero-order chi connectivity index (χ0) is 28.3. The average Bonchev–Trinajstić information content (AvgIpc) is 3.65. The van der Waals surface area contributed by atoms with E-state index in [0.717, 1.165) is 45.8 Å². The van der Waals surface area contributed by atoms with E-state index < -0.39 is 12.6 Å². The number of carboxylic acids is 1. The number of furan rings is 1. The van der Waals surface area contributed by atoms with Crippen LogP contribution in [0.5, 0.6) is 17.2 Å². The predicted molar refractivity (Wildman–Crippen MR) is 155 cm³/mol. The highest BCUT2D eigenvalue weighted by Gasteiger charge is 2.22. The molecule has 2 heterocycles. The van der Waals surface area contributed by atoms with Crippen LogP contribution in [0.3, 0.4) is 0 Å². The number of rotatable bonds is 10. The van der Waals surface area contributed by atoms with Crippen molar-refractivity contribution in [1.82, 2.24) is 10.6 Å². The molecule has 1 aliphatic rings. The van der Waals surface area contributed by atoms with Crippen molar-refractivity contribution in [2.45, 2.75) is 22.4 Å². The summed E-state index contributed by atoms with van der Waals surface area (Å²) in [6.45, 7) is 1.76. The molecule has 40 heavy (non-hydrogen) atoms. The van der Waals surface area contributed by atoms with Crippen molar-refractivity contribution in [3.63, 3.8) is 0 Å². The lowest BCUT2D eigenvalue weighted by Crippen LogP contribution is -2.14. The minimum atomic E-state index is -1.05. The van der Waals surface area contributed by atoms with Crippen molar-refractivity contribution in [3.8, 4) is 17.2 Å². The van der Waals surface area contributed by atoms with Gasteiger partial charge in [0.2, 0.25) is 0 Å². The van der Waals surface area contributed by atoms with Crippen molar-refractivity contribution >= 4 is 40.9 Å². The van der Waals surface area contributed by atoms with Crippen LogP contribution >= 0.6 is 35.0 Å². The number of hydrogen-bond acceptors (Lipinski definition) is 8. The predicted octanol–water partition coefficient (Wildman–Crippen LogP) is 6.67. The smallest absolute Gasteiger partial charge is 0.341 e. The van der Waals surface area contributed by atoms with Crippen LogP contribution < -0.4 is 24.8 Å². The van der Waals surface area contributed by atoms with Crippen LogP contribution in [0.4, 0.5) is 0 Å². The highest BCUT2D eigenvalue weighted by atomic mass is 35.5. The molecule has 0 amide bonds. The molecule has 0 radical (unpaired) electrons. The Bertz CT molecular complexity index is 1390. The van der Waals surface area contributed by atoms with Crippen LogP contribution in [0.15, 0.2) is 93.3 Å². The molecule has 8 nitrogen and oxygen atoms in total. The van der Waals surface area contributed by atoms with Gasteiger partial charge in [-0.1, -0.05) is 53.2 Å². The Morgan fingerprint density at radius 2 is 1.85 bits per heavy atom. The van der Waals surface area contributed by atoms with Gasteiger partial charge in [0, 0.05) is 28.7 Å². The molecule has 5 rings (SSSR count). The lowest BCUT2D eigenvalue weighted by Gasteiger charge is -2.11. The molecule has 3 aromatic carbocycles. The highest BCUT2D eigenvalue weighted by molar-refractivity contribution is 7.99. The number of carboxylic acid groups (broad SMARTS) is 1. The van der Waals surface area contributed by atoms with E-state index in [1.807, 2.05) is 42.5 Å². The minimum absolute atomic E-state index is 0.228. The van der Waals surface area contributed by atoms with E-state index in [-0.39, 0.29) is 6.04 Å². The number of halogens is 2. The van der Waals surface area contributed by atoms with Gasteiger partial charge in [-0.05, 0) is 54.6 Å². The van der Waals surface area contributed by atoms with Crippen molar-refractivity contribution in [3.05, 3.63) is 100 Å². The molecule has 1 atom stereocenters. The number of para-hydroxylation sites is 1. The molecule has 0 bridgehead atoms. The maximum Gasteiger partial charge on any atom is 0.341 e. The van der Waals surface area contributed by atoms with Gasteiger partial charge < -0.3 is 29.1 Å². The van der Waals surface area contributed by atoms with Gasteiger partial charge in [0.05, 0.1) is 29.3 Å². The number of carbonyl (C=O) groups is 1. The summed E-state index contributed by atoms with van der Waals surface area (Å²) in [5, 5.41) is 15.8. The topological polar surface area (TPSA) is 102 Å². The Morgan fingerprint density at radius 3 is 2.55 bits per heavy atom. The summed E-state index contributed by atoms with van der Waals surface area (Å²) < 4.78 is 21.8. The first-order valence-corrected chi connectivity index (χ1v) is 13.8. The molecular weight excluding hydrogens is 575 g/mol. The fraction of sp³-hybridized carbons (Fsp3) is 0.207. The van der Waals surface area contributed by atoms with Crippen LogP contribution in [-0.4, -0.2) is 38.0 Å². The van der Waals surface area contributed by atoms with Crippen LogP contribution in [0.1, 0.15) is 17.4 Å². The Balaban J connectivity index is 0.000000240. The third kappa shape index (κ3) is 8.58. The first-order chi connectivity index (χ1) is 19.4. The van der Waals surface area contributed by atoms with Gasteiger partial charge in [-0.3, -0.25) is 5.32 Å². The second kappa shape index (κ2) is 14.9. The first kappa shape index (κ1) is 29.6. The molecule has 1 unspecified atom stereocenters. The number of hydrogen-bond donors (Lipinski definition) is 3. The van der Waals surface area contributed by atoms with E-state index in [2.05, 4.69) is 22.8 Å². The van der Waals surface area contributed by atoms with Crippen molar-refractivity contribution < 1.29 is 28.5 Å². The molecule has 1 aliphatic heterocycles. The van der Waals surface area contributed by atoms with E-state index in [1.54, 1.807) is 31.2 Å². The van der Waals surface area contributed by atoms with Crippen molar-refractivity contribution in [2.75, 3.05) is 26.9 Å². The van der Waals surface area contributed by atoms with Gasteiger partial charge in [0.25, 0.3) is 0 Å². The lowest BCUT2D eigenvalue weighted by molar-refractivity contribution is -0.139. The summed E-state index contributed by atoms with van der Waals surface area (Å²) in [5.41, 5.74) is 1.03. The Labute approximate surface area is 246 Å². The first-order valence-electron chi connectivity index (χ1n) is 12.3. The highest BCUT2D eigenvalue weighted by Crippen LogP contribution is 2.35. The second-order valence-electron chi connectivity index (χ2n) is 8.47. The molecule has 1 fully saturated rings. The maximum atomic E-state index is 10.2. The van der Waals surface area contributed by atoms with Gasteiger partial charge in [-0.25, -0.2) is 4.79 Å². The summed E-state index contributed by atoms with van der Waals surface area (Å²) in [7, 11) is 1.67.